The molecule has 2 amide bonds. The van der Waals surface area contributed by atoms with Gasteiger partial charge in [0.1, 0.15) is 5.75 Å². The number of nitrogens with zero attached hydrogens (tertiary/aromatic N) is 1. The van der Waals surface area contributed by atoms with Gasteiger partial charge in [-0.3, -0.25) is 4.90 Å². The predicted octanol–water partition coefficient (Wildman–Crippen LogP) is 1.46. The lowest BCUT2D eigenvalue weighted by atomic mass is 9.95. The van der Waals surface area contributed by atoms with Gasteiger partial charge in [0.15, 0.2) is 0 Å². The van der Waals surface area contributed by atoms with Crippen LogP contribution in [0.15, 0.2) is 35.5 Å². The number of benzene rings is 1. The van der Waals surface area contributed by atoms with Crippen LogP contribution in [0, 0.1) is 0 Å². The summed E-state index contributed by atoms with van der Waals surface area (Å²) in [6.07, 6.45) is 0. The van der Waals surface area contributed by atoms with Crippen LogP contribution in [-0.2, 0) is 19.0 Å². The summed E-state index contributed by atoms with van der Waals surface area (Å²) in [6.45, 7) is 4.60. The maximum atomic E-state index is 12.9. The average Bonchev–Trinajstić information content (AvgIpc) is 2.75. The standard InChI is InChI=1S/C21H31N3O6/c1-5-30-20(25)18-17(14-24(10-12-27-2)11-13-28-3)22-21(26)23-19(18)15-6-8-16(29-4)9-7-15/h6-9,19H,5,10-14H2,1-4H3,(H2,22,23,26). The van der Waals surface area contributed by atoms with Crippen molar-refractivity contribution in [3.8, 4) is 5.75 Å². The van der Waals surface area contributed by atoms with Crippen molar-refractivity contribution in [1.29, 1.82) is 0 Å². The first-order valence-electron chi connectivity index (χ1n) is 9.85. The van der Waals surface area contributed by atoms with E-state index in [9.17, 15) is 9.59 Å². The van der Waals surface area contributed by atoms with Crippen LogP contribution < -0.4 is 15.4 Å². The highest BCUT2D eigenvalue weighted by Gasteiger charge is 2.34. The normalized spacial score (nSPS) is 16.3. The molecular formula is C21H31N3O6. The van der Waals surface area contributed by atoms with E-state index in [1.165, 1.54) is 0 Å². The van der Waals surface area contributed by atoms with Crippen LogP contribution in [0.25, 0.3) is 0 Å². The quantitative estimate of drug-likeness (QED) is 0.493. The van der Waals surface area contributed by atoms with Crippen molar-refractivity contribution in [2.24, 2.45) is 0 Å². The Hall–Kier alpha value is -2.62. The molecular weight excluding hydrogens is 390 g/mol. The summed E-state index contributed by atoms with van der Waals surface area (Å²) >= 11 is 0. The van der Waals surface area contributed by atoms with Crippen LogP contribution in [0.3, 0.4) is 0 Å². The number of nitrogens with one attached hydrogen (secondary N) is 2. The van der Waals surface area contributed by atoms with Crippen molar-refractivity contribution < 1.29 is 28.5 Å². The SMILES string of the molecule is CCOC(=O)C1=C(CN(CCOC)CCOC)NC(=O)NC1c1ccc(OC)cc1. The van der Waals surface area contributed by atoms with Gasteiger partial charge >= 0.3 is 12.0 Å². The van der Waals surface area contributed by atoms with E-state index in [0.717, 1.165) is 5.56 Å². The van der Waals surface area contributed by atoms with Crippen molar-refractivity contribution in [2.45, 2.75) is 13.0 Å². The molecule has 30 heavy (non-hydrogen) atoms. The highest BCUT2D eigenvalue weighted by molar-refractivity contribution is 5.95. The number of carbonyl (C=O) groups is 2. The van der Waals surface area contributed by atoms with Gasteiger partial charge < -0.3 is 29.6 Å². The number of amides is 2. The molecule has 0 aromatic heterocycles. The topological polar surface area (TPSA) is 98.4 Å². The van der Waals surface area contributed by atoms with E-state index in [1.54, 1.807) is 40.4 Å². The highest BCUT2D eigenvalue weighted by Crippen LogP contribution is 2.29. The Labute approximate surface area is 177 Å². The number of carbonyl (C=O) groups excluding carboxylic acids is 2. The van der Waals surface area contributed by atoms with E-state index in [-0.39, 0.29) is 12.6 Å². The number of hydrogen-bond donors (Lipinski definition) is 2. The van der Waals surface area contributed by atoms with Crippen LogP contribution in [0.5, 0.6) is 5.75 Å². The molecule has 9 heteroatoms. The summed E-state index contributed by atoms with van der Waals surface area (Å²) < 4.78 is 20.9. The third-order valence-corrected chi connectivity index (χ3v) is 4.70. The number of urea groups is 1. The molecule has 0 saturated carbocycles. The molecule has 1 aliphatic heterocycles. The molecule has 0 aliphatic carbocycles. The second-order valence-electron chi connectivity index (χ2n) is 6.68. The summed E-state index contributed by atoms with van der Waals surface area (Å²) in [4.78, 5) is 27.3. The number of methoxy groups -OCH3 is 3. The maximum Gasteiger partial charge on any atom is 0.338 e. The summed E-state index contributed by atoms with van der Waals surface area (Å²) in [5.41, 5.74) is 1.64. The van der Waals surface area contributed by atoms with E-state index in [0.29, 0.717) is 49.9 Å². The minimum Gasteiger partial charge on any atom is -0.497 e. The lowest BCUT2D eigenvalue weighted by molar-refractivity contribution is -0.139. The molecule has 1 aromatic carbocycles. The summed E-state index contributed by atoms with van der Waals surface area (Å²) in [5, 5.41) is 5.62. The predicted molar refractivity (Wildman–Crippen MR) is 111 cm³/mol. The smallest absolute Gasteiger partial charge is 0.338 e. The molecule has 2 rings (SSSR count). The van der Waals surface area contributed by atoms with Crippen molar-refractivity contribution in [3.63, 3.8) is 0 Å². The van der Waals surface area contributed by atoms with Crippen LogP contribution in [0.1, 0.15) is 18.5 Å². The molecule has 0 saturated heterocycles. The van der Waals surface area contributed by atoms with Gasteiger partial charge in [-0.1, -0.05) is 12.1 Å². The largest absolute Gasteiger partial charge is 0.497 e. The summed E-state index contributed by atoms with van der Waals surface area (Å²) in [5.74, 6) is 0.213. The lowest BCUT2D eigenvalue weighted by Crippen LogP contribution is -2.49. The number of rotatable bonds is 12. The van der Waals surface area contributed by atoms with Crippen molar-refractivity contribution in [1.82, 2.24) is 15.5 Å². The van der Waals surface area contributed by atoms with E-state index < -0.39 is 12.0 Å². The minimum atomic E-state index is -0.634. The van der Waals surface area contributed by atoms with E-state index >= 15 is 0 Å². The molecule has 1 atom stereocenters. The van der Waals surface area contributed by atoms with E-state index in [2.05, 4.69) is 15.5 Å². The van der Waals surface area contributed by atoms with Gasteiger partial charge in [-0.25, -0.2) is 9.59 Å². The fourth-order valence-electron chi connectivity index (χ4n) is 3.17. The zero-order valence-electron chi connectivity index (χ0n) is 18.0. The van der Waals surface area contributed by atoms with Crippen LogP contribution >= 0.6 is 0 Å². The van der Waals surface area contributed by atoms with Crippen LogP contribution in [0.2, 0.25) is 0 Å². The van der Waals surface area contributed by atoms with Gasteiger partial charge in [-0.05, 0) is 24.6 Å². The second kappa shape index (κ2) is 12.2. The number of hydrogen-bond acceptors (Lipinski definition) is 7. The fraction of sp³-hybridized carbons (Fsp3) is 0.524. The molecule has 0 spiro atoms. The molecule has 0 fully saturated rings. The molecule has 0 bridgehead atoms. The Bertz CT molecular complexity index is 727. The van der Waals surface area contributed by atoms with E-state index in [4.69, 9.17) is 18.9 Å². The first-order valence-corrected chi connectivity index (χ1v) is 9.85. The van der Waals surface area contributed by atoms with Gasteiger partial charge in [-0.2, -0.15) is 0 Å². The Morgan fingerprint density at radius 1 is 1.07 bits per heavy atom. The van der Waals surface area contributed by atoms with E-state index in [1.807, 2.05) is 12.1 Å². The molecule has 1 unspecified atom stereocenters. The number of ether oxygens (including phenoxy) is 4. The van der Waals surface area contributed by atoms with Crippen molar-refractivity contribution >= 4 is 12.0 Å². The second-order valence-corrected chi connectivity index (χ2v) is 6.68. The molecule has 1 aliphatic rings. The maximum absolute atomic E-state index is 12.9. The molecule has 2 N–H and O–H groups in total. The fourth-order valence-corrected chi connectivity index (χ4v) is 3.17. The first kappa shape index (κ1) is 23.7. The molecule has 1 aromatic rings. The number of esters is 1. The highest BCUT2D eigenvalue weighted by atomic mass is 16.5. The first-order chi connectivity index (χ1) is 14.5. The zero-order valence-corrected chi connectivity index (χ0v) is 18.0. The van der Waals surface area contributed by atoms with Gasteiger partial charge in [0.25, 0.3) is 0 Å². The Morgan fingerprint density at radius 2 is 1.70 bits per heavy atom. The Morgan fingerprint density at radius 3 is 2.23 bits per heavy atom. The van der Waals surface area contributed by atoms with Crippen LogP contribution in [-0.4, -0.2) is 77.7 Å². The minimum absolute atomic E-state index is 0.232. The van der Waals surface area contributed by atoms with Gasteiger partial charge in [-0.15, -0.1) is 0 Å². The van der Waals surface area contributed by atoms with Crippen LogP contribution in [0.4, 0.5) is 4.79 Å². The summed E-state index contributed by atoms with van der Waals surface area (Å²) in [6, 6.07) is 6.20. The molecule has 1 heterocycles. The molecule has 166 valence electrons. The Kier molecular flexibility index (Phi) is 9.59. The van der Waals surface area contributed by atoms with Gasteiger partial charge in [0.05, 0.1) is 38.5 Å². The third kappa shape index (κ3) is 6.45. The Balaban J connectivity index is 2.41. The zero-order chi connectivity index (χ0) is 21.9. The van der Waals surface area contributed by atoms with Crippen molar-refractivity contribution in [2.75, 3.05) is 60.8 Å². The third-order valence-electron chi connectivity index (χ3n) is 4.70. The van der Waals surface area contributed by atoms with Gasteiger partial charge in [0, 0.05) is 39.6 Å². The lowest BCUT2D eigenvalue weighted by Gasteiger charge is -2.32. The monoisotopic (exact) mass is 421 g/mol. The van der Waals surface area contributed by atoms with Gasteiger partial charge in [0.2, 0.25) is 0 Å². The summed E-state index contributed by atoms with van der Waals surface area (Å²) in [7, 11) is 4.84. The molecule has 0 radical (unpaired) electrons. The average molecular weight is 421 g/mol. The molecule has 9 nitrogen and oxygen atoms in total. The van der Waals surface area contributed by atoms with Crippen molar-refractivity contribution in [3.05, 3.63) is 41.1 Å².